The van der Waals surface area contributed by atoms with Crippen LogP contribution < -0.4 is 0 Å². The molecule has 2 rings (SSSR count). The third-order valence-corrected chi connectivity index (χ3v) is 3.98. The molecule has 0 saturated heterocycles. The minimum Gasteiger partial charge on any atom is -0.507 e. The SMILES string of the molecule is CCc1ccc(C(C)C)cc1-c1cc(C)c(O)c(C)c1. The second kappa shape index (κ2) is 5.70. The van der Waals surface area contributed by atoms with Crippen molar-refractivity contribution >= 4 is 0 Å². The highest BCUT2D eigenvalue weighted by Crippen LogP contribution is 2.33. The van der Waals surface area contributed by atoms with Crippen LogP contribution in [0.25, 0.3) is 11.1 Å². The van der Waals surface area contributed by atoms with E-state index in [0.717, 1.165) is 17.5 Å². The van der Waals surface area contributed by atoms with Crippen molar-refractivity contribution in [1.29, 1.82) is 0 Å². The van der Waals surface area contributed by atoms with Gasteiger partial charge in [0.1, 0.15) is 5.75 Å². The molecule has 0 atom stereocenters. The fourth-order valence-electron chi connectivity index (χ4n) is 2.64. The first-order chi connectivity index (χ1) is 9.43. The molecule has 0 radical (unpaired) electrons. The molecule has 0 amide bonds. The Morgan fingerprint density at radius 3 is 2.10 bits per heavy atom. The van der Waals surface area contributed by atoms with Crippen LogP contribution in [-0.2, 0) is 6.42 Å². The highest BCUT2D eigenvalue weighted by molar-refractivity contribution is 5.71. The zero-order chi connectivity index (χ0) is 14.9. The Kier molecular flexibility index (Phi) is 4.17. The highest BCUT2D eigenvalue weighted by Gasteiger charge is 2.10. The van der Waals surface area contributed by atoms with Gasteiger partial charge in [0.2, 0.25) is 0 Å². The zero-order valence-corrected chi connectivity index (χ0v) is 13.1. The highest BCUT2D eigenvalue weighted by atomic mass is 16.3. The fourth-order valence-corrected chi connectivity index (χ4v) is 2.64. The number of hydrogen-bond acceptors (Lipinski definition) is 1. The molecule has 2 aromatic rings. The summed E-state index contributed by atoms with van der Waals surface area (Å²) in [6, 6.07) is 10.9. The summed E-state index contributed by atoms with van der Waals surface area (Å²) in [6.45, 7) is 10.6. The molecule has 0 aliphatic heterocycles. The van der Waals surface area contributed by atoms with Crippen molar-refractivity contribution in [3.8, 4) is 16.9 Å². The van der Waals surface area contributed by atoms with E-state index in [1.54, 1.807) is 0 Å². The van der Waals surface area contributed by atoms with E-state index >= 15 is 0 Å². The van der Waals surface area contributed by atoms with Gasteiger partial charge in [-0.25, -0.2) is 0 Å². The maximum absolute atomic E-state index is 9.95. The number of aromatic hydroxyl groups is 1. The lowest BCUT2D eigenvalue weighted by Gasteiger charge is -2.15. The van der Waals surface area contributed by atoms with Crippen LogP contribution in [0.1, 0.15) is 48.9 Å². The van der Waals surface area contributed by atoms with Gasteiger partial charge in [0.25, 0.3) is 0 Å². The van der Waals surface area contributed by atoms with Crippen molar-refractivity contribution in [3.05, 3.63) is 52.6 Å². The van der Waals surface area contributed by atoms with Crippen molar-refractivity contribution in [3.63, 3.8) is 0 Å². The predicted octanol–water partition coefficient (Wildman–Crippen LogP) is 5.36. The van der Waals surface area contributed by atoms with Crippen molar-refractivity contribution < 1.29 is 5.11 Å². The van der Waals surface area contributed by atoms with Gasteiger partial charge < -0.3 is 5.11 Å². The third kappa shape index (κ3) is 2.72. The van der Waals surface area contributed by atoms with E-state index in [0.29, 0.717) is 11.7 Å². The maximum Gasteiger partial charge on any atom is 0.121 e. The van der Waals surface area contributed by atoms with E-state index in [1.165, 1.54) is 22.3 Å². The molecule has 20 heavy (non-hydrogen) atoms. The molecule has 0 fully saturated rings. The number of phenols is 1. The second-order valence-corrected chi connectivity index (χ2v) is 5.88. The topological polar surface area (TPSA) is 20.2 Å². The van der Waals surface area contributed by atoms with E-state index in [1.807, 2.05) is 13.8 Å². The Labute approximate surface area is 122 Å². The molecule has 2 aromatic carbocycles. The van der Waals surface area contributed by atoms with Gasteiger partial charge in [0, 0.05) is 0 Å². The van der Waals surface area contributed by atoms with E-state index in [9.17, 15) is 5.11 Å². The molecule has 1 N–H and O–H groups in total. The first-order valence-corrected chi connectivity index (χ1v) is 7.37. The minimum atomic E-state index is 0.409. The van der Waals surface area contributed by atoms with E-state index in [2.05, 4.69) is 51.1 Å². The lowest BCUT2D eigenvalue weighted by molar-refractivity contribution is 0.467. The van der Waals surface area contributed by atoms with Crippen molar-refractivity contribution in [1.82, 2.24) is 0 Å². The van der Waals surface area contributed by atoms with Crippen LogP contribution >= 0.6 is 0 Å². The maximum atomic E-state index is 9.95. The average molecular weight is 268 g/mol. The molecular weight excluding hydrogens is 244 g/mol. The Balaban J connectivity index is 2.64. The van der Waals surface area contributed by atoms with Gasteiger partial charge in [-0.3, -0.25) is 0 Å². The smallest absolute Gasteiger partial charge is 0.121 e. The minimum absolute atomic E-state index is 0.409. The zero-order valence-electron chi connectivity index (χ0n) is 13.1. The molecule has 1 heteroatoms. The van der Waals surface area contributed by atoms with E-state index in [-0.39, 0.29) is 0 Å². The summed E-state index contributed by atoms with van der Waals surface area (Å²) in [5.74, 6) is 0.936. The first kappa shape index (κ1) is 14.6. The number of hydrogen-bond donors (Lipinski definition) is 1. The normalized spacial score (nSPS) is 11.1. The quantitative estimate of drug-likeness (QED) is 0.794. The molecule has 0 unspecified atom stereocenters. The van der Waals surface area contributed by atoms with Crippen LogP contribution in [0.4, 0.5) is 0 Å². The van der Waals surface area contributed by atoms with Crippen LogP contribution in [0.15, 0.2) is 30.3 Å². The molecule has 0 aliphatic carbocycles. The Bertz CT molecular complexity index is 601. The van der Waals surface area contributed by atoms with Crippen LogP contribution in [0.2, 0.25) is 0 Å². The second-order valence-electron chi connectivity index (χ2n) is 5.88. The van der Waals surface area contributed by atoms with Crippen molar-refractivity contribution in [2.24, 2.45) is 0 Å². The predicted molar refractivity (Wildman–Crippen MR) is 86.5 cm³/mol. The van der Waals surface area contributed by atoms with Gasteiger partial charge in [-0.05, 0) is 71.7 Å². The summed E-state index contributed by atoms with van der Waals surface area (Å²) in [5, 5.41) is 9.95. The molecule has 0 saturated carbocycles. The van der Waals surface area contributed by atoms with E-state index < -0.39 is 0 Å². The van der Waals surface area contributed by atoms with Gasteiger partial charge in [0.05, 0.1) is 0 Å². The first-order valence-electron chi connectivity index (χ1n) is 7.37. The number of benzene rings is 2. The number of phenolic OH excluding ortho intramolecular Hbond substituents is 1. The van der Waals surface area contributed by atoms with Gasteiger partial charge >= 0.3 is 0 Å². The third-order valence-electron chi connectivity index (χ3n) is 3.98. The van der Waals surface area contributed by atoms with Crippen LogP contribution in [0.5, 0.6) is 5.75 Å². The summed E-state index contributed by atoms with van der Waals surface area (Å²) in [6.07, 6.45) is 1.02. The molecule has 1 nitrogen and oxygen atoms in total. The fraction of sp³-hybridized carbons (Fsp3) is 0.368. The van der Waals surface area contributed by atoms with Gasteiger partial charge in [-0.1, -0.05) is 39.0 Å². The largest absolute Gasteiger partial charge is 0.507 e. The molecule has 0 spiro atoms. The van der Waals surface area contributed by atoms with Crippen molar-refractivity contribution in [2.45, 2.75) is 47.0 Å². The standard InChI is InChI=1S/C19H24O/c1-6-15-7-8-16(12(2)3)11-18(15)17-9-13(4)19(20)14(5)10-17/h7-12,20H,6H2,1-5H3. The Morgan fingerprint density at radius 2 is 1.60 bits per heavy atom. The van der Waals surface area contributed by atoms with Crippen molar-refractivity contribution in [2.75, 3.05) is 0 Å². The molecule has 0 bridgehead atoms. The summed E-state index contributed by atoms with van der Waals surface area (Å²) < 4.78 is 0. The molecule has 106 valence electrons. The number of rotatable bonds is 3. The van der Waals surface area contributed by atoms with Crippen LogP contribution in [-0.4, -0.2) is 5.11 Å². The summed E-state index contributed by atoms with van der Waals surface area (Å²) in [4.78, 5) is 0. The number of aryl methyl sites for hydroxylation is 3. The Hall–Kier alpha value is -1.76. The Morgan fingerprint density at radius 1 is 1.00 bits per heavy atom. The molecule has 0 aliphatic rings. The van der Waals surface area contributed by atoms with Crippen LogP contribution in [0.3, 0.4) is 0 Å². The lowest BCUT2D eigenvalue weighted by Crippen LogP contribution is -1.94. The average Bonchev–Trinajstić information content (AvgIpc) is 2.43. The molecule has 0 heterocycles. The molecular formula is C19H24O. The summed E-state index contributed by atoms with van der Waals surface area (Å²) in [5.41, 5.74) is 7.11. The molecule has 0 aromatic heterocycles. The van der Waals surface area contributed by atoms with Gasteiger partial charge in [-0.2, -0.15) is 0 Å². The summed E-state index contributed by atoms with van der Waals surface area (Å²) >= 11 is 0. The summed E-state index contributed by atoms with van der Waals surface area (Å²) in [7, 11) is 0. The van der Waals surface area contributed by atoms with Gasteiger partial charge in [-0.15, -0.1) is 0 Å². The van der Waals surface area contributed by atoms with Gasteiger partial charge in [0.15, 0.2) is 0 Å². The van der Waals surface area contributed by atoms with Crippen LogP contribution in [0, 0.1) is 13.8 Å². The lowest BCUT2D eigenvalue weighted by atomic mass is 9.91. The van der Waals surface area contributed by atoms with E-state index in [4.69, 9.17) is 0 Å². The monoisotopic (exact) mass is 268 g/mol.